The van der Waals surface area contributed by atoms with Crippen LogP contribution < -0.4 is 5.32 Å². The number of anilines is 1. The van der Waals surface area contributed by atoms with Crippen LogP contribution >= 0.6 is 15.9 Å². The molecule has 1 aromatic rings. The Morgan fingerprint density at radius 2 is 2.33 bits per heavy atom. The molecule has 0 aliphatic heterocycles. The third-order valence-corrected chi connectivity index (χ3v) is 1.92. The number of benzene rings is 1. The van der Waals surface area contributed by atoms with Crippen molar-refractivity contribution in [2.24, 2.45) is 0 Å². The smallest absolute Gasteiger partial charge is 0.137 e. The Labute approximate surface area is 79.1 Å². The van der Waals surface area contributed by atoms with Gasteiger partial charge in [0.05, 0.1) is 11.0 Å². The predicted molar refractivity (Wildman–Crippen MR) is 51.4 cm³/mol. The van der Waals surface area contributed by atoms with Gasteiger partial charge in [-0.15, -0.1) is 6.42 Å². The van der Waals surface area contributed by atoms with Crippen LogP contribution in [0.1, 0.15) is 0 Å². The van der Waals surface area contributed by atoms with Gasteiger partial charge in [0.25, 0.3) is 0 Å². The Morgan fingerprint density at radius 3 is 2.92 bits per heavy atom. The van der Waals surface area contributed by atoms with Crippen molar-refractivity contribution < 1.29 is 4.39 Å². The summed E-state index contributed by atoms with van der Waals surface area (Å²) in [6, 6.07) is 4.66. The van der Waals surface area contributed by atoms with E-state index in [0.29, 0.717) is 11.0 Å². The maximum Gasteiger partial charge on any atom is 0.137 e. The van der Waals surface area contributed by atoms with Gasteiger partial charge in [0.2, 0.25) is 0 Å². The fraction of sp³-hybridized carbons (Fsp3) is 0.111. The Morgan fingerprint density at radius 1 is 1.58 bits per heavy atom. The van der Waals surface area contributed by atoms with Crippen molar-refractivity contribution in [1.82, 2.24) is 0 Å². The van der Waals surface area contributed by atoms with Crippen molar-refractivity contribution in [1.29, 1.82) is 0 Å². The zero-order valence-electron chi connectivity index (χ0n) is 6.27. The van der Waals surface area contributed by atoms with Gasteiger partial charge in [0.15, 0.2) is 0 Å². The van der Waals surface area contributed by atoms with E-state index in [0.717, 1.165) is 5.69 Å². The molecular formula is C9H7BrFN. The van der Waals surface area contributed by atoms with Gasteiger partial charge in [-0.1, -0.05) is 5.92 Å². The van der Waals surface area contributed by atoms with E-state index in [1.807, 2.05) is 0 Å². The zero-order valence-corrected chi connectivity index (χ0v) is 7.86. The third kappa shape index (κ3) is 2.24. The summed E-state index contributed by atoms with van der Waals surface area (Å²) in [5.41, 5.74) is 0.807. The highest BCUT2D eigenvalue weighted by atomic mass is 79.9. The summed E-state index contributed by atoms with van der Waals surface area (Å²) in [7, 11) is 0. The highest BCUT2D eigenvalue weighted by Crippen LogP contribution is 2.19. The molecule has 1 rings (SSSR count). The summed E-state index contributed by atoms with van der Waals surface area (Å²) < 4.78 is 13.1. The first-order chi connectivity index (χ1) is 5.74. The van der Waals surface area contributed by atoms with Crippen molar-refractivity contribution in [2.75, 3.05) is 11.9 Å². The van der Waals surface area contributed by atoms with E-state index < -0.39 is 0 Å². The maximum absolute atomic E-state index is 12.7. The summed E-state index contributed by atoms with van der Waals surface area (Å²) in [5.74, 6) is 2.15. The summed E-state index contributed by atoms with van der Waals surface area (Å²) in [6.45, 7) is 0.443. The number of nitrogens with one attached hydrogen (secondary N) is 1. The van der Waals surface area contributed by atoms with Crippen LogP contribution in [-0.4, -0.2) is 6.54 Å². The number of hydrogen-bond donors (Lipinski definition) is 1. The van der Waals surface area contributed by atoms with Crippen LogP contribution in [0.15, 0.2) is 22.7 Å². The van der Waals surface area contributed by atoms with Crippen molar-refractivity contribution in [2.45, 2.75) is 0 Å². The molecule has 1 nitrogen and oxygen atoms in total. The molecule has 0 heterocycles. The lowest BCUT2D eigenvalue weighted by Crippen LogP contribution is -1.98. The minimum Gasteiger partial charge on any atom is -0.374 e. The van der Waals surface area contributed by atoms with Gasteiger partial charge in [-0.05, 0) is 34.1 Å². The van der Waals surface area contributed by atoms with E-state index in [9.17, 15) is 4.39 Å². The highest BCUT2D eigenvalue weighted by molar-refractivity contribution is 9.10. The first-order valence-corrected chi connectivity index (χ1v) is 4.15. The molecule has 0 saturated carbocycles. The quantitative estimate of drug-likeness (QED) is 0.767. The number of halogens is 2. The summed E-state index contributed by atoms with van der Waals surface area (Å²) in [5, 5.41) is 2.93. The van der Waals surface area contributed by atoms with Crippen molar-refractivity contribution in [3.05, 3.63) is 28.5 Å². The molecule has 0 amide bonds. The first-order valence-electron chi connectivity index (χ1n) is 3.36. The molecule has 0 bridgehead atoms. The molecule has 0 aromatic heterocycles. The van der Waals surface area contributed by atoms with Crippen LogP contribution in [0.3, 0.4) is 0 Å². The number of terminal acetylenes is 1. The molecule has 0 saturated heterocycles. The Bertz CT molecular complexity index is 317. The minimum absolute atomic E-state index is 0.277. The average molecular weight is 228 g/mol. The lowest BCUT2D eigenvalue weighted by molar-refractivity contribution is 0.621. The molecule has 1 N–H and O–H groups in total. The topological polar surface area (TPSA) is 12.0 Å². The van der Waals surface area contributed by atoms with E-state index >= 15 is 0 Å². The summed E-state index contributed by atoms with van der Waals surface area (Å²) in [4.78, 5) is 0. The van der Waals surface area contributed by atoms with Crippen molar-refractivity contribution >= 4 is 21.6 Å². The molecule has 3 heteroatoms. The molecule has 1 aromatic carbocycles. The van der Waals surface area contributed by atoms with Gasteiger partial charge in [0.1, 0.15) is 5.82 Å². The molecule has 0 aliphatic rings. The fourth-order valence-electron chi connectivity index (χ4n) is 0.759. The minimum atomic E-state index is -0.277. The fourth-order valence-corrected chi connectivity index (χ4v) is 1.14. The van der Waals surface area contributed by atoms with Crippen LogP contribution in [-0.2, 0) is 0 Å². The normalized spacial score (nSPS) is 9.08. The van der Waals surface area contributed by atoms with Gasteiger partial charge >= 0.3 is 0 Å². The molecule has 0 aliphatic carbocycles. The predicted octanol–water partition coefficient (Wildman–Crippen LogP) is 2.63. The first kappa shape index (κ1) is 9.08. The molecule has 0 atom stereocenters. The second-order valence-electron chi connectivity index (χ2n) is 2.19. The van der Waals surface area contributed by atoms with Gasteiger partial charge in [-0.2, -0.15) is 0 Å². The maximum atomic E-state index is 12.7. The molecule has 12 heavy (non-hydrogen) atoms. The zero-order chi connectivity index (χ0) is 8.97. The van der Waals surface area contributed by atoms with E-state index in [-0.39, 0.29) is 5.82 Å². The van der Waals surface area contributed by atoms with E-state index in [4.69, 9.17) is 6.42 Å². The van der Waals surface area contributed by atoms with Crippen LogP contribution in [0.4, 0.5) is 10.1 Å². The molecule has 0 unspecified atom stereocenters. The lowest BCUT2D eigenvalue weighted by Gasteiger charge is -2.02. The molecule has 0 fully saturated rings. The van der Waals surface area contributed by atoms with Crippen LogP contribution in [0.5, 0.6) is 0 Å². The summed E-state index contributed by atoms with van der Waals surface area (Å²) >= 11 is 3.07. The SMILES string of the molecule is C#CCNc1ccc(F)c(Br)c1. The third-order valence-electron chi connectivity index (χ3n) is 1.31. The number of hydrogen-bond acceptors (Lipinski definition) is 1. The van der Waals surface area contributed by atoms with Gasteiger partial charge in [0, 0.05) is 5.69 Å². The van der Waals surface area contributed by atoms with Crippen molar-refractivity contribution in [3.63, 3.8) is 0 Å². The summed E-state index contributed by atoms with van der Waals surface area (Å²) in [6.07, 6.45) is 5.05. The Kier molecular flexibility index (Phi) is 3.12. The second-order valence-corrected chi connectivity index (χ2v) is 3.04. The van der Waals surface area contributed by atoms with Crippen LogP contribution in [0.2, 0.25) is 0 Å². The number of rotatable bonds is 2. The lowest BCUT2D eigenvalue weighted by atomic mass is 10.3. The van der Waals surface area contributed by atoms with E-state index in [1.54, 1.807) is 12.1 Å². The van der Waals surface area contributed by atoms with Gasteiger partial charge in [-0.3, -0.25) is 0 Å². The standard InChI is InChI=1S/C9H7BrFN/c1-2-5-12-7-3-4-9(11)8(10)6-7/h1,3-4,6,12H,5H2. The molecule has 0 radical (unpaired) electrons. The molecule has 62 valence electrons. The average Bonchev–Trinajstić information content (AvgIpc) is 2.07. The Hall–Kier alpha value is -1.01. The van der Waals surface area contributed by atoms with E-state index in [2.05, 4.69) is 27.2 Å². The van der Waals surface area contributed by atoms with Crippen LogP contribution in [0.25, 0.3) is 0 Å². The largest absolute Gasteiger partial charge is 0.374 e. The van der Waals surface area contributed by atoms with Crippen molar-refractivity contribution in [3.8, 4) is 12.3 Å². The second kappa shape index (κ2) is 4.13. The molecule has 0 spiro atoms. The van der Waals surface area contributed by atoms with Crippen LogP contribution in [0, 0.1) is 18.2 Å². The molecular weight excluding hydrogens is 221 g/mol. The van der Waals surface area contributed by atoms with E-state index in [1.165, 1.54) is 6.07 Å². The monoisotopic (exact) mass is 227 g/mol. The highest BCUT2D eigenvalue weighted by Gasteiger charge is 1.98. The Balaban J connectivity index is 2.77. The van der Waals surface area contributed by atoms with Gasteiger partial charge < -0.3 is 5.32 Å². The van der Waals surface area contributed by atoms with Gasteiger partial charge in [-0.25, -0.2) is 4.39 Å².